The van der Waals surface area contributed by atoms with E-state index in [0.717, 1.165) is 25.8 Å². The number of aliphatic carboxylic acids is 1. The van der Waals surface area contributed by atoms with Gasteiger partial charge in [0.2, 0.25) is 5.91 Å². The molecule has 1 amide bonds. The summed E-state index contributed by atoms with van der Waals surface area (Å²) in [6.07, 6.45) is 3.22. The Morgan fingerprint density at radius 2 is 2.18 bits per heavy atom. The first kappa shape index (κ1) is 12.4. The number of nitrogens with one attached hydrogen (secondary N) is 1. The molecule has 0 aromatic heterocycles. The first-order valence-corrected chi connectivity index (χ1v) is 6.31. The highest BCUT2D eigenvalue weighted by Crippen LogP contribution is 2.31. The van der Waals surface area contributed by atoms with E-state index in [2.05, 4.69) is 5.32 Å². The van der Waals surface area contributed by atoms with Gasteiger partial charge >= 0.3 is 5.97 Å². The van der Waals surface area contributed by atoms with Crippen LogP contribution in [-0.4, -0.2) is 47.1 Å². The van der Waals surface area contributed by atoms with Crippen LogP contribution in [0, 0.1) is 5.92 Å². The number of piperidine rings is 1. The molecule has 0 aromatic rings. The molecule has 0 bridgehead atoms. The van der Waals surface area contributed by atoms with E-state index in [1.807, 2.05) is 0 Å². The van der Waals surface area contributed by atoms with Gasteiger partial charge in [-0.15, -0.1) is 0 Å². The van der Waals surface area contributed by atoms with Crippen molar-refractivity contribution in [2.45, 2.75) is 38.1 Å². The van der Waals surface area contributed by atoms with Crippen LogP contribution in [-0.2, 0) is 9.59 Å². The van der Waals surface area contributed by atoms with E-state index in [9.17, 15) is 14.7 Å². The van der Waals surface area contributed by atoms with Crippen LogP contribution < -0.4 is 5.32 Å². The van der Waals surface area contributed by atoms with Gasteiger partial charge in [-0.05, 0) is 39.2 Å². The van der Waals surface area contributed by atoms with E-state index in [4.69, 9.17) is 0 Å². The first-order chi connectivity index (χ1) is 8.05. The number of carboxylic acid groups (broad SMARTS) is 1. The number of carbonyl (C=O) groups excluding carboxylic acids is 1. The number of carbonyl (C=O) groups is 2. The lowest BCUT2D eigenvalue weighted by molar-refractivity contribution is -0.157. The average Bonchev–Trinajstić information content (AvgIpc) is 2.73. The summed E-state index contributed by atoms with van der Waals surface area (Å²) in [7, 11) is 0. The van der Waals surface area contributed by atoms with Crippen molar-refractivity contribution >= 4 is 11.9 Å². The van der Waals surface area contributed by atoms with Crippen LogP contribution in [0.25, 0.3) is 0 Å². The van der Waals surface area contributed by atoms with Crippen LogP contribution in [0.5, 0.6) is 0 Å². The van der Waals surface area contributed by atoms with Gasteiger partial charge in [0, 0.05) is 13.1 Å². The molecule has 2 heterocycles. The molecule has 1 unspecified atom stereocenters. The number of nitrogens with zero attached hydrogens (tertiary/aromatic N) is 1. The molecule has 2 saturated heterocycles. The number of rotatable bonds is 2. The molecular formula is C12H20N2O3. The van der Waals surface area contributed by atoms with E-state index in [1.165, 1.54) is 0 Å². The summed E-state index contributed by atoms with van der Waals surface area (Å²) in [4.78, 5) is 25.2. The van der Waals surface area contributed by atoms with Crippen LogP contribution in [0.15, 0.2) is 0 Å². The van der Waals surface area contributed by atoms with Crippen LogP contribution in [0.3, 0.4) is 0 Å². The van der Waals surface area contributed by atoms with E-state index in [0.29, 0.717) is 19.5 Å². The summed E-state index contributed by atoms with van der Waals surface area (Å²) >= 11 is 0. The Bertz CT molecular complexity index is 326. The topological polar surface area (TPSA) is 69.6 Å². The largest absolute Gasteiger partial charge is 0.480 e. The Balaban J connectivity index is 2.10. The van der Waals surface area contributed by atoms with Crippen LogP contribution in [0.2, 0.25) is 0 Å². The van der Waals surface area contributed by atoms with E-state index < -0.39 is 11.5 Å². The summed E-state index contributed by atoms with van der Waals surface area (Å²) in [5, 5.41) is 12.5. The SMILES string of the molecule is CC1(C(=O)O)CCCN1C(=O)[C@@H]1CCCNC1. The fraction of sp³-hybridized carbons (Fsp3) is 0.833. The average molecular weight is 240 g/mol. The van der Waals surface area contributed by atoms with Crippen LogP contribution >= 0.6 is 0 Å². The maximum absolute atomic E-state index is 12.3. The third-order valence-corrected chi connectivity index (χ3v) is 4.01. The minimum Gasteiger partial charge on any atom is -0.480 e. The molecule has 0 aromatic carbocycles. The molecule has 2 fully saturated rings. The van der Waals surface area contributed by atoms with Crippen molar-refractivity contribution in [3.05, 3.63) is 0 Å². The van der Waals surface area contributed by atoms with Gasteiger partial charge in [0.25, 0.3) is 0 Å². The van der Waals surface area contributed by atoms with Crippen molar-refractivity contribution in [1.29, 1.82) is 0 Å². The zero-order chi connectivity index (χ0) is 12.5. The van der Waals surface area contributed by atoms with Crippen molar-refractivity contribution in [1.82, 2.24) is 10.2 Å². The third-order valence-electron chi connectivity index (χ3n) is 4.01. The molecule has 0 spiro atoms. The summed E-state index contributed by atoms with van der Waals surface area (Å²) in [6.45, 7) is 3.89. The number of amides is 1. The van der Waals surface area contributed by atoms with Crippen molar-refractivity contribution in [2.24, 2.45) is 5.92 Å². The minimum atomic E-state index is -0.992. The first-order valence-electron chi connectivity index (χ1n) is 6.31. The predicted molar refractivity (Wildman–Crippen MR) is 62.6 cm³/mol. The summed E-state index contributed by atoms with van der Waals surface area (Å²) in [5.41, 5.74) is -0.992. The zero-order valence-corrected chi connectivity index (χ0v) is 10.2. The molecular weight excluding hydrogens is 220 g/mol. The van der Waals surface area contributed by atoms with Gasteiger partial charge in [0.05, 0.1) is 5.92 Å². The summed E-state index contributed by atoms with van der Waals surface area (Å²) in [6, 6.07) is 0. The lowest BCUT2D eigenvalue weighted by atomic mass is 9.94. The minimum absolute atomic E-state index is 0.0135. The molecule has 2 N–H and O–H groups in total. The summed E-state index contributed by atoms with van der Waals surface area (Å²) in [5.74, 6) is -0.910. The normalized spacial score (nSPS) is 33.7. The highest BCUT2D eigenvalue weighted by atomic mass is 16.4. The monoisotopic (exact) mass is 240 g/mol. The number of hydrogen-bond acceptors (Lipinski definition) is 3. The van der Waals surface area contributed by atoms with Crippen molar-refractivity contribution in [2.75, 3.05) is 19.6 Å². The Labute approximate surface area is 101 Å². The summed E-state index contributed by atoms with van der Waals surface area (Å²) < 4.78 is 0. The molecule has 96 valence electrons. The fourth-order valence-electron chi connectivity index (χ4n) is 2.82. The van der Waals surface area contributed by atoms with Crippen molar-refractivity contribution in [3.8, 4) is 0 Å². The predicted octanol–water partition coefficient (Wildman–Crippen LogP) is 0.452. The smallest absolute Gasteiger partial charge is 0.329 e. The molecule has 17 heavy (non-hydrogen) atoms. The number of likely N-dealkylation sites (tertiary alicyclic amines) is 1. The van der Waals surface area contributed by atoms with Gasteiger partial charge in [-0.1, -0.05) is 0 Å². The van der Waals surface area contributed by atoms with Gasteiger partial charge in [0.15, 0.2) is 0 Å². The second-order valence-electron chi connectivity index (χ2n) is 5.22. The standard InChI is InChI=1S/C12H20N2O3/c1-12(11(16)17)5-3-7-14(12)10(15)9-4-2-6-13-8-9/h9,13H,2-8H2,1H3,(H,16,17)/t9-,12?/m1/s1. The van der Waals surface area contributed by atoms with Gasteiger partial charge in [-0.3, -0.25) is 4.79 Å². The number of hydrogen-bond donors (Lipinski definition) is 2. The highest BCUT2D eigenvalue weighted by Gasteiger charge is 2.47. The lowest BCUT2D eigenvalue weighted by Crippen LogP contribution is -2.54. The molecule has 0 aliphatic carbocycles. The Kier molecular flexibility index (Phi) is 3.38. The van der Waals surface area contributed by atoms with Gasteiger partial charge in [0.1, 0.15) is 5.54 Å². The molecule has 5 heteroatoms. The van der Waals surface area contributed by atoms with Gasteiger partial charge in [-0.25, -0.2) is 4.79 Å². The second-order valence-corrected chi connectivity index (χ2v) is 5.22. The molecule has 0 radical (unpaired) electrons. The molecule has 0 saturated carbocycles. The Morgan fingerprint density at radius 1 is 1.41 bits per heavy atom. The van der Waals surface area contributed by atoms with E-state index in [1.54, 1.807) is 11.8 Å². The lowest BCUT2D eigenvalue weighted by Gasteiger charge is -2.35. The maximum atomic E-state index is 12.3. The second kappa shape index (κ2) is 4.64. The molecule has 2 aliphatic rings. The van der Waals surface area contributed by atoms with Crippen LogP contribution in [0.1, 0.15) is 32.6 Å². The molecule has 5 nitrogen and oxygen atoms in total. The Hall–Kier alpha value is -1.10. The highest BCUT2D eigenvalue weighted by molar-refractivity contribution is 5.88. The van der Waals surface area contributed by atoms with E-state index in [-0.39, 0.29) is 11.8 Å². The maximum Gasteiger partial charge on any atom is 0.329 e. The third kappa shape index (κ3) is 2.16. The van der Waals surface area contributed by atoms with Crippen LogP contribution in [0.4, 0.5) is 0 Å². The van der Waals surface area contributed by atoms with Gasteiger partial charge in [-0.2, -0.15) is 0 Å². The quantitative estimate of drug-likeness (QED) is 0.735. The molecule has 2 aliphatic heterocycles. The zero-order valence-electron chi connectivity index (χ0n) is 10.2. The van der Waals surface area contributed by atoms with Crippen molar-refractivity contribution in [3.63, 3.8) is 0 Å². The molecule has 2 atom stereocenters. The van der Waals surface area contributed by atoms with Gasteiger partial charge < -0.3 is 15.3 Å². The fourth-order valence-corrected chi connectivity index (χ4v) is 2.82. The van der Waals surface area contributed by atoms with E-state index >= 15 is 0 Å². The molecule has 2 rings (SSSR count). The Morgan fingerprint density at radius 3 is 2.76 bits per heavy atom. The number of carboxylic acids is 1. The van der Waals surface area contributed by atoms with Crippen molar-refractivity contribution < 1.29 is 14.7 Å².